The molecule has 0 radical (unpaired) electrons. The lowest BCUT2D eigenvalue weighted by Crippen LogP contribution is -2.66. The summed E-state index contributed by atoms with van der Waals surface area (Å²) in [6, 6.07) is 0. The van der Waals surface area contributed by atoms with Crippen LogP contribution in [0.4, 0.5) is 0 Å². The Balaban J connectivity index is 1.18. The Morgan fingerprint density at radius 2 is 1.44 bits per heavy atom. The van der Waals surface area contributed by atoms with Gasteiger partial charge in [-0.05, 0) is 118 Å². The average Bonchev–Trinajstić information content (AvgIpc) is 3.47. The van der Waals surface area contributed by atoms with Crippen LogP contribution in [-0.2, 0) is 23.7 Å². The summed E-state index contributed by atoms with van der Waals surface area (Å²) in [4.78, 5) is 13.6. The second-order valence-electron chi connectivity index (χ2n) is 18.7. The van der Waals surface area contributed by atoms with E-state index in [1.807, 2.05) is 0 Å². The smallest absolute Gasteiger partial charge is 0.186 e. The zero-order valence-electron chi connectivity index (χ0n) is 32.0. The van der Waals surface area contributed by atoms with Gasteiger partial charge in [-0.3, -0.25) is 0 Å². The molecule has 0 aromatic heterocycles. The molecular formula is C40H66O12. The van der Waals surface area contributed by atoms with Crippen molar-refractivity contribution in [2.45, 2.75) is 167 Å². The third-order valence-corrected chi connectivity index (χ3v) is 15.7. The van der Waals surface area contributed by atoms with Gasteiger partial charge in [0, 0.05) is 5.41 Å². The van der Waals surface area contributed by atoms with Crippen LogP contribution in [0.5, 0.6) is 0 Å². The molecule has 12 nitrogen and oxygen atoms in total. The highest BCUT2D eigenvalue weighted by Gasteiger charge is 2.71. The second kappa shape index (κ2) is 14.8. The maximum atomic E-state index is 13.6. The number of carbonyl (C=O) groups excluding carboxylic acids is 1. The molecule has 4 saturated carbocycles. The van der Waals surface area contributed by atoms with Crippen LogP contribution in [0.15, 0.2) is 11.6 Å². The van der Waals surface area contributed by atoms with Crippen LogP contribution >= 0.6 is 0 Å². The van der Waals surface area contributed by atoms with Crippen molar-refractivity contribution in [2.24, 2.45) is 45.3 Å². The quantitative estimate of drug-likeness (QED) is 0.0986. The van der Waals surface area contributed by atoms with E-state index in [4.69, 9.17) is 18.9 Å². The van der Waals surface area contributed by atoms with Crippen LogP contribution in [0.3, 0.4) is 0 Å². The molecule has 6 fully saturated rings. The summed E-state index contributed by atoms with van der Waals surface area (Å²) < 4.78 is 23.5. The summed E-state index contributed by atoms with van der Waals surface area (Å²) in [5, 5.41) is 74.8. The summed E-state index contributed by atoms with van der Waals surface area (Å²) >= 11 is 0. The zero-order valence-corrected chi connectivity index (χ0v) is 32.0. The van der Waals surface area contributed by atoms with Gasteiger partial charge >= 0.3 is 0 Å². The predicted octanol–water partition coefficient (Wildman–Crippen LogP) is 2.61. The minimum Gasteiger partial charge on any atom is -0.393 e. The molecule has 0 spiro atoms. The Bertz CT molecular complexity index is 1300. The molecule has 0 aromatic carbocycles. The lowest BCUT2D eigenvalue weighted by molar-refractivity contribution is -0.346. The van der Waals surface area contributed by atoms with E-state index in [0.717, 1.165) is 44.9 Å². The first-order valence-electron chi connectivity index (χ1n) is 19.8. The first-order chi connectivity index (χ1) is 24.4. The SMILES string of the molecule is CC(C)=CCC[C@@](O)(CO)[C@H]1CC[C@]2(C)[C@@H]1CC[C@@H]1[C@@]3(C=O)CC[C@H](O[C@@H]4OC[C@H](O)[C@H](O[C@@H]5OC[C@@H](O)[C@H](O)[C@H]5O)[C@H]4O)C(C)(C)[C@@H]3CC[C@]12C. The number of ether oxygens (including phenoxy) is 4. The second-order valence-corrected chi connectivity index (χ2v) is 18.7. The standard InChI is InChI=1S/C40H66O12/c1-22(2)8-7-14-40(48,21-42)24-11-15-37(5)23(24)9-10-28-38(37,6)16-12-27-36(3,4)29(13-17-39(27,28)20-41)51-35-32(47)33(26(44)19-50-35)52-34-31(46)30(45)25(43)18-49-34/h8,20,23-35,42-48H,7,9-19,21H2,1-6H3/t23-,24+,25-,26+,27+,28+,29+,30+,31-,32-,33+,34+,35+,37-,38-,39-,40-/m1/s1. The number of aliphatic hydroxyl groups excluding tert-OH is 6. The Hall–Kier alpha value is -1.03. The molecule has 17 atom stereocenters. The molecule has 298 valence electrons. The van der Waals surface area contributed by atoms with E-state index >= 15 is 0 Å². The zero-order chi connectivity index (χ0) is 38.0. The van der Waals surface area contributed by atoms with Gasteiger partial charge in [0.25, 0.3) is 0 Å². The minimum atomic E-state index is -1.59. The van der Waals surface area contributed by atoms with Gasteiger partial charge in [-0.1, -0.05) is 39.3 Å². The van der Waals surface area contributed by atoms with Gasteiger partial charge in [0.15, 0.2) is 12.6 Å². The third-order valence-electron chi connectivity index (χ3n) is 15.7. The molecule has 6 aliphatic rings. The lowest BCUT2D eigenvalue weighted by atomic mass is 9.35. The molecule has 52 heavy (non-hydrogen) atoms. The highest BCUT2D eigenvalue weighted by molar-refractivity contribution is 5.62. The van der Waals surface area contributed by atoms with Crippen LogP contribution < -0.4 is 0 Å². The molecule has 0 bridgehead atoms. The number of hydrogen-bond donors (Lipinski definition) is 7. The van der Waals surface area contributed by atoms with Crippen LogP contribution in [0, 0.1) is 45.3 Å². The minimum absolute atomic E-state index is 0.00849. The first-order valence-corrected chi connectivity index (χ1v) is 19.8. The number of carbonyl (C=O) groups is 1. The number of aliphatic hydroxyl groups is 7. The third kappa shape index (κ3) is 6.47. The van der Waals surface area contributed by atoms with Gasteiger partial charge in [0.2, 0.25) is 0 Å². The number of allylic oxidation sites excluding steroid dienone is 2. The molecule has 0 amide bonds. The van der Waals surface area contributed by atoms with Crippen molar-refractivity contribution < 1.29 is 59.5 Å². The molecule has 6 rings (SSSR count). The van der Waals surface area contributed by atoms with Crippen molar-refractivity contribution >= 4 is 6.29 Å². The van der Waals surface area contributed by atoms with Crippen molar-refractivity contribution in [3.8, 4) is 0 Å². The predicted molar refractivity (Wildman–Crippen MR) is 189 cm³/mol. The molecular weight excluding hydrogens is 672 g/mol. The Kier molecular flexibility index (Phi) is 11.6. The van der Waals surface area contributed by atoms with Crippen LogP contribution in [0.2, 0.25) is 0 Å². The van der Waals surface area contributed by atoms with Crippen LogP contribution in [0.1, 0.15) is 106 Å². The van der Waals surface area contributed by atoms with Gasteiger partial charge in [0.05, 0.1) is 31.5 Å². The van der Waals surface area contributed by atoms with E-state index in [-0.39, 0.29) is 60.4 Å². The normalized spacial score (nSPS) is 49.9. The fraction of sp³-hybridized carbons (Fsp3) is 0.925. The summed E-state index contributed by atoms with van der Waals surface area (Å²) in [6.07, 6.45) is 0.0291. The number of rotatable bonds is 10. The monoisotopic (exact) mass is 738 g/mol. The summed E-state index contributed by atoms with van der Waals surface area (Å²) in [7, 11) is 0. The Labute approximate surface area is 308 Å². The molecule has 2 aliphatic heterocycles. The molecule has 7 N–H and O–H groups in total. The summed E-state index contributed by atoms with van der Waals surface area (Å²) in [5.74, 6) is 0.440. The average molecular weight is 739 g/mol. The fourth-order valence-corrected chi connectivity index (χ4v) is 12.6. The van der Waals surface area contributed by atoms with Crippen molar-refractivity contribution in [1.82, 2.24) is 0 Å². The molecule has 0 unspecified atom stereocenters. The van der Waals surface area contributed by atoms with E-state index in [0.29, 0.717) is 19.3 Å². The summed E-state index contributed by atoms with van der Waals surface area (Å²) in [5.41, 5.74) is -1.17. The van der Waals surface area contributed by atoms with Gasteiger partial charge in [-0.15, -0.1) is 0 Å². The lowest BCUT2D eigenvalue weighted by Gasteiger charge is -2.69. The highest BCUT2D eigenvalue weighted by atomic mass is 16.7. The fourth-order valence-electron chi connectivity index (χ4n) is 12.6. The van der Waals surface area contributed by atoms with Crippen LogP contribution in [0.25, 0.3) is 0 Å². The van der Waals surface area contributed by atoms with E-state index in [1.165, 1.54) is 11.9 Å². The number of aldehydes is 1. The van der Waals surface area contributed by atoms with Crippen LogP contribution in [-0.4, -0.2) is 123 Å². The van der Waals surface area contributed by atoms with Crippen molar-refractivity contribution in [1.29, 1.82) is 0 Å². The van der Waals surface area contributed by atoms with E-state index in [9.17, 15) is 40.5 Å². The Morgan fingerprint density at radius 3 is 2.10 bits per heavy atom. The molecule has 0 aromatic rings. The first kappa shape index (κ1) is 40.6. The van der Waals surface area contributed by atoms with E-state index < -0.39 is 65.6 Å². The molecule has 2 heterocycles. The topological polar surface area (TPSA) is 196 Å². The molecule has 4 aliphatic carbocycles. The summed E-state index contributed by atoms with van der Waals surface area (Å²) in [6.45, 7) is 12.5. The maximum Gasteiger partial charge on any atom is 0.186 e. The molecule has 2 saturated heterocycles. The van der Waals surface area contributed by atoms with Crippen molar-refractivity contribution in [3.05, 3.63) is 11.6 Å². The largest absolute Gasteiger partial charge is 0.393 e. The Morgan fingerprint density at radius 1 is 0.788 bits per heavy atom. The van der Waals surface area contributed by atoms with Gasteiger partial charge < -0.3 is 59.5 Å². The number of hydrogen-bond acceptors (Lipinski definition) is 12. The number of fused-ring (bicyclic) bond motifs is 5. The van der Waals surface area contributed by atoms with Gasteiger partial charge in [-0.2, -0.15) is 0 Å². The van der Waals surface area contributed by atoms with E-state index in [2.05, 4.69) is 47.6 Å². The highest BCUT2D eigenvalue weighted by Crippen LogP contribution is 2.75. The van der Waals surface area contributed by atoms with Crippen molar-refractivity contribution in [2.75, 3.05) is 19.8 Å². The van der Waals surface area contributed by atoms with Gasteiger partial charge in [-0.25, -0.2) is 0 Å². The van der Waals surface area contributed by atoms with Gasteiger partial charge in [0.1, 0.15) is 42.9 Å². The van der Waals surface area contributed by atoms with Crippen molar-refractivity contribution in [3.63, 3.8) is 0 Å². The maximum absolute atomic E-state index is 13.6. The molecule has 12 heteroatoms. The van der Waals surface area contributed by atoms with E-state index in [1.54, 1.807) is 0 Å².